The minimum atomic E-state index is 0. The van der Waals surface area contributed by atoms with Gasteiger partial charge in [-0.25, -0.2) is 12.1 Å². The smallest absolute Gasteiger partial charge is 0.358 e. The fourth-order valence-corrected chi connectivity index (χ4v) is 0.321. The molecule has 0 saturated carbocycles. The van der Waals surface area contributed by atoms with Crippen molar-refractivity contribution in [2.24, 2.45) is 0 Å². The molecule has 0 saturated heterocycles. The van der Waals surface area contributed by atoms with Crippen LogP contribution < -0.4 is 0 Å². The van der Waals surface area contributed by atoms with E-state index in [2.05, 4.69) is 0 Å². The van der Waals surface area contributed by atoms with Crippen molar-refractivity contribution in [1.82, 2.24) is 0 Å². The Bertz CT molecular complexity index is 60.7. The van der Waals surface area contributed by atoms with E-state index in [1.807, 2.05) is 30.3 Å². The summed E-state index contributed by atoms with van der Waals surface area (Å²) in [4.78, 5) is 0. The monoisotopic (exact) mass is 182 g/mol. The van der Waals surface area contributed by atoms with Crippen LogP contribution in [0.25, 0.3) is 0 Å². The van der Waals surface area contributed by atoms with Gasteiger partial charge in [0.25, 0.3) is 0 Å². The van der Waals surface area contributed by atoms with E-state index in [-0.39, 0.29) is 26.9 Å². The van der Waals surface area contributed by atoms with Gasteiger partial charge in [-0.2, -0.15) is 18.2 Å². The second-order valence-corrected chi connectivity index (χ2v) is 0.962. The maximum Gasteiger partial charge on any atom is 2.00 e. The van der Waals surface area contributed by atoms with Gasteiger partial charge in [-0.1, -0.05) is 0 Å². The van der Waals surface area contributed by atoms with Crippen molar-refractivity contribution in [2.45, 2.75) is 0 Å². The topological polar surface area (TPSA) is 0 Å². The number of rotatable bonds is 0. The summed E-state index contributed by atoms with van der Waals surface area (Å²) in [5.41, 5.74) is 0. The third-order valence-electron chi connectivity index (χ3n) is 0.556. The average Bonchev–Trinajstić information content (AvgIpc) is 1.76. The van der Waals surface area contributed by atoms with Crippen molar-refractivity contribution in [3.63, 3.8) is 0 Å². The summed E-state index contributed by atoms with van der Waals surface area (Å²) in [5, 5.41) is 0. The first kappa shape index (κ1) is 10.1. The van der Waals surface area contributed by atoms with Crippen molar-refractivity contribution in [1.29, 1.82) is 0 Å². The van der Waals surface area contributed by atoms with E-state index in [0.29, 0.717) is 0 Å². The molecule has 0 aliphatic rings. The van der Waals surface area contributed by atoms with Crippen molar-refractivity contribution >= 4 is 0 Å². The van der Waals surface area contributed by atoms with Gasteiger partial charge in [0.1, 0.15) is 0 Å². The van der Waals surface area contributed by atoms with Crippen molar-refractivity contribution in [3.8, 4) is 0 Å². The molecule has 0 N–H and O–H groups in total. The quantitative estimate of drug-likeness (QED) is 0.423. The normalized spacial score (nSPS) is 5.71. The van der Waals surface area contributed by atoms with Crippen LogP contribution in [-0.4, -0.2) is 0 Å². The van der Waals surface area contributed by atoms with Gasteiger partial charge in [0, 0.05) is 0 Å². The molecule has 0 atom stereocenters. The molecule has 1 aromatic carbocycles. The molecule has 0 radical (unpaired) electrons. The molecule has 7 heavy (non-hydrogen) atoms. The molecule has 0 aromatic heterocycles. The Balaban J connectivity index is 0. The average molecular weight is 181 g/mol. The molecular weight excluding hydrogens is 173 g/mol. The van der Waals surface area contributed by atoms with Gasteiger partial charge in [0.2, 0.25) is 0 Å². The molecule has 0 aliphatic carbocycles. The minimum absolute atomic E-state index is 0. The fourth-order valence-electron chi connectivity index (χ4n) is 0.321. The van der Waals surface area contributed by atoms with Crippen LogP contribution >= 0.6 is 0 Å². The van der Waals surface area contributed by atoms with Crippen LogP contribution in [0.2, 0.25) is 0 Å². The Morgan fingerprint density at radius 2 is 1.43 bits per heavy atom. The van der Waals surface area contributed by atoms with E-state index in [0.717, 1.165) is 0 Å². The Hall–Kier alpha value is -0.0266. The van der Waals surface area contributed by atoms with Crippen molar-refractivity contribution in [2.75, 3.05) is 0 Å². The summed E-state index contributed by atoms with van der Waals surface area (Å²) in [6.45, 7) is 0. The summed E-state index contributed by atoms with van der Waals surface area (Å²) in [6, 6.07) is 10.0. The first-order chi connectivity index (χ1) is 2.50. The van der Waals surface area contributed by atoms with Crippen LogP contribution in [0.4, 0.5) is 0 Å². The van der Waals surface area contributed by atoms with Crippen LogP contribution in [0.5, 0.6) is 0 Å². The largest absolute Gasteiger partial charge is 2.00 e. The molecular formula is C6H8Ru. The van der Waals surface area contributed by atoms with Crippen LogP contribution in [0, 0.1) is 7.43 Å². The number of hydrogen-bond donors (Lipinski definition) is 0. The first-order valence-corrected chi connectivity index (χ1v) is 1.67. The van der Waals surface area contributed by atoms with Crippen LogP contribution in [0.1, 0.15) is 0 Å². The second kappa shape index (κ2) is 5.97. The van der Waals surface area contributed by atoms with Crippen LogP contribution in [0.15, 0.2) is 30.3 Å². The molecule has 0 heterocycles. The predicted octanol–water partition coefficient (Wildman–Crippen LogP) is 1.85. The zero-order valence-electron chi connectivity index (χ0n) is 4.24. The minimum Gasteiger partial charge on any atom is -0.358 e. The molecule has 1 aromatic rings. The fraction of sp³-hybridized carbons (Fsp3) is 0. The number of hydrogen-bond acceptors (Lipinski definition) is 0. The predicted molar refractivity (Wildman–Crippen MR) is 28.4 cm³/mol. The summed E-state index contributed by atoms with van der Waals surface area (Å²) in [5.74, 6) is 0. The molecule has 0 aliphatic heterocycles. The molecule has 40 valence electrons. The summed E-state index contributed by atoms with van der Waals surface area (Å²) >= 11 is 0. The summed E-state index contributed by atoms with van der Waals surface area (Å²) in [7, 11) is 0. The third kappa shape index (κ3) is 3.81. The van der Waals surface area contributed by atoms with Crippen LogP contribution in [0.3, 0.4) is 0 Å². The Labute approximate surface area is 57.7 Å². The van der Waals surface area contributed by atoms with E-state index >= 15 is 0 Å². The van der Waals surface area contributed by atoms with Gasteiger partial charge >= 0.3 is 19.5 Å². The molecule has 0 amide bonds. The Kier molecular flexibility index (Phi) is 8.58. The van der Waals surface area contributed by atoms with Gasteiger partial charge in [-0.05, 0) is 0 Å². The molecule has 0 unspecified atom stereocenters. The van der Waals surface area contributed by atoms with Gasteiger partial charge in [-0.3, -0.25) is 0 Å². The molecule has 0 nitrogen and oxygen atoms in total. The molecule has 0 fully saturated rings. The van der Waals surface area contributed by atoms with Crippen molar-refractivity contribution in [3.05, 3.63) is 37.8 Å². The van der Waals surface area contributed by atoms with Gasteiger partial charge in [0.15, 0.2) is 0 Å². The Morgan fingerprint density at radius 1 is 1.00 bits per heavy atom. The van der Waals surface area contributed by atoms with Crippen LogP contribution in [-0.2, 0) is 19.5 Å². The van der Waals surface area contributed by atoms with Gasteiger partial charge in [0.05, 0.1) is 0 Å². The third-order valence-corrected chi connectivity index (χ3v) is 0.556. The Morgan fingerprint density at radius 3 is 1.57 bits per heavy atom. The molecule has 0 bridgehead atoms. The standard InChI is InChI=1S/C5H5.CH3.Ru/c1-2-4-5-3-1;;/h1-5H;1H3;/q2*-1;+2. The van der Waals surface area contributed by atoms with E-state index in [1.165, 1.54) is 0 Å². The second-order valence-electron chi connectivity index (χ2n) is 0.962. The zero-order chi connectivity index (χ0) is 3.54. The molecule has 1 rings (SSSR count). The summed E-state index contributed by atoms with van der Waals surface area (Å²) in [6.07, 6.45) is 0. The maximum absolute atomic E-state index is 2.00. The van der Waals surface area contributed by atoms with Gasteiger partial charge in [-0.15, -0.1) is 0 Å². The van der Waals surface area contributed by atoms with Crippen molar-refractivity contribution < 1.29 is 19.5 Å². The van der Waals surface area contributed by atoms with Gasteiger partial charge < -0.3 is 7.43 Å². The van der Waals surface area contributed by atoms with E-state index in [1.54, 1.807) is 0 Å². The first-order valence-electron chi connectivity index (χ1n) is 1.67. The SMILES string of the molecule is [CH3-].[Ru+2].c1cc[cH-]c1. The maximum atomic E-state index is 2.00. The van der Waals surface area contributed by atoms with E-state index < -0.39 is 0 Å². The molecule has 1 heteroatoms. The summed E-state index contributed by atoms with van der Waals surface area (Å²) < 4.78 is 0. The van der Waals surface area contributed by atoms with E-state index in [4.69, 9.17) is 0 Å². The zero-order valence-corrected chi connectivity index (χ0v) is 5.98. The van der Waals surface area contributed by atoms with E-state index in [9.17, 15) is 0 Å². The molecule has 0 spiro atoms.